The standard InChI is InChI=1S/C7H10N4O2/c1-2-6(12)13-11-4-3-5(10-11)7(8)9/h3-4H,2H2,1H3,(H3,8,9). The number of nitrogen functional groups attached to an aromatic ring is 1. The molecule has 0 saturated carbocycles. The normalized spacial score (nSPS) is 9.62. The first-order chi connectivity index (χ1) is 6.13. The molecule has 0 amide bonds. The lowest BCUT2D eigenvalue weighted by molar-refractivity contribution is -0.145. The first-order valence-corrected chi connectivity index (χ1v) is 3.74. The van der Waals surface area contributed by atoms with Crippen LogP contribution in [0.1, 0.15) is 19.0 Å². The number of aromatic nitrogens is 2. The minimum absolute atomic E-state index is 0.161. The highest BCUT2D eigenvalue weighted by molar-refractivity contribution is 5.92. The highest BCUT2D eigenvalue weighted by atomic mass is 16.7. The lowest BCUT2D eigenvalue weighted by Gasteiger charge is -1.98. The molecule has 0 aliphatic carbocycles. The molecule has 0 aromatic carbocycles. The Hall–Kier alpha value is -1.85. The fraction of sp³-hybridized carbons (Fsp3) is 0.286. The Balaban J connectivity index is 2.69. The molecular weight excluding hydrogens is 172 g/mol. The SMILES string of the molecule is CCC(=O)On1ccc(C(=N)N)n1. The molecule has 0 aliphatic heterocycles. The molecule has 0 spiro atoms. The third-order valence-corrected chi connectivity index (χ3v) is 1.33. The zero-order chi connectivity index (χ0) is 9.84. The van der Waals surface area contributed by atoms with Crippen LogP contribution in [0.4, 0.5) is 0 Å². The molecule has 0 atom stereocenters. The van der Waals surface area contributed by atoms with E-state index < -0.39 is 5.97 Å². The van der Waals surface area contributed by atoms with Crippen molar-refractivity contribution in [3.05, 3.63) is 18.0 Å². The molecule has 6 nitrogen and oxygen atoms in total. The minimum Gasteiger partial charge on any atom is -0.382 e. The molecule has 3 N–H and O–H groups in total. The van der Waals surface area contributed by atoms with Gasteiger partial charge >= 0.3 is 5.97 Å². The van der Waals surface area contributed by atoms with Gasteiger partial charge in [0.1, 0.15) is 11.5 Å². The Labute approximate surface area is 74.8 Å². The number of amidine groups is 1. The summed E-state index contributed by atoms with van der Waals surface area (Å²) in [5.74, 6) is -0.551. The number of rotatable bonds is 3. The molecule has 6 heteroatoms. The van der Waals surface area contributed by atoms with Gasteiger partial charge in [-0.1, -0.05) is 11.8 Å². The summed E-state index contributed by atoms with van der Waals surface area (Å²) in [5.41, 5.74) is 5.44. The summed E-state index contributed by atoms with van der Waals surface area (Å²) < 4.78 is 0. The molecule has 1 aromatic rings. The van der Waals surface area contributed by atoms with Gasteiger partial charge in [0.2, 0.25) is 0 Å². The van der Waals surface area contributed by atoms with Gasteiger partial charge < -0.3 is 10.6 Å². The second kappa shape index (κ2) is 3.70. The largest absolute Gasteiger partial charge is 0.382 e. The summed E-state index contributed by atoms with van der Waals surface area (Å²) in [4.78, 5) is 16.5. The van der Waals surface area contributed by atoms with Gasteiger partial charge in [0.25, 0.3) is 0 Å². The molecule has 0 saturated heterocycles. The van der Waals surface area contributed by atoms with Gasteiger partial charge in [-0.25, -0.2) is 4.79 Å². The topological polar surface area (TPSA) is 94.0 Å². The maximum atomic E-state index is 10.8. The minimum atomic E-state index is -0.391. The number of carbonyl (C=O) groups excluding carboxylic acids is 1. The first kappa shape index (κ1) is 9.24. The molecule has 1 heterocycles. The van der Waals surface area contributed by atoms with Gasteiger partial charge in [-0.15, -0.1) is 5.10 Å². The molecule has 0 aliphatic rings. The molecule has 0 radical (unpaired) electrons. The second-order valence-electron chi connectivity index (χ2n) is 2.33. The number of nitrogens with zero attached hydrogens (tertiary/aromatic N) is 2. The third-order valence-electron chi connectivity index (χ3n) is 1.33. The predicted molar refractivity (Wildman–Crippen MR) is 45.1 cm³/mol. The van der Waals surface area contributed by atoms with Crippen LogP contribution in [0.3, 0.4) is 0 Å². The van der Waals surface area contributed by atoms with Gasteiger partial charge in [-0.2, -0.15) is 0 Å². The first-order valence-electron chi connectivity index (χ1n) is 3.74. The fourth-order valence-electron chi connectivity index (χ4n) is 0.671. The molecule has 13 heavy (non-hydrogen) atoms. The van der Waals surface area contributed by atoms with Crippen molar-refractivity contribution in [2.24, 2.45) is 5.73 Å². The Bertz CT molecular complexity index is 331. The maximum absolute atomic E-state index is 10.8. The van der Waals surface area contributed by atoms with Gasteiger partial charge in [0.05, 0.1) is 6.20 Å². The van der Waals surface area contributed by atoms with E-state index in [9.17, 15) is 4.79 Å². The van der Waals surface area contributed by atoms with Crippen molar-refractivity contribution in [3.63, 3.8) is 0 Å². The summed E-state index contributed by atoms with van der Waals surface area (Å²) >= 11 is 0. The average molecular weight is 182 g/mol. The van der Waals surface area contributed by atoms with Crippen LogP contribution in [-0.4, -0.2) is 21.7 Å². The molecule has 1 aromatic heterocycles. The van der Waals surface area contributed by atoms with Crippen LogP contribution in [0.2, 0.25) is 0 Å². The van der Waals surface area contributed by atoms with Crippen molar-refractivity contribution < 1.29 is 9.63 Å². The van der Waals surface area contributed by atoms with Gasteiger partial charge in [0, 0.05) is 6.42 Å². The molecule has 0 fully saturated rings. The highest BCUT2D eigenvalue weighted by Gasteiger charge is 2.04. The van der Waals surface area contributed by atoms with E-state index in [0.717, 1.165) is 4.85 Å². The monoisotopic (exact) mass is 182 g/mol. The predicted octanol–water partition coefficient (Wildman–Crippen LogP) is -0.468. The van der Waals surface area contributed by atoms with E-state index in [-0.39, 0.29) is 18.0 Å². The van der Waals surface area contributed by atoms with Gasteiger partial charge in [-0.3, -0.25) is 5.41 Å². The summed E-state index contributed by atoms with van der Waals surface area (Å²) in [6.07, 6.45) is 1.69. The lowest BCUT2D eigenvalue weighted by atomic mass is 10.4. The van der Waals surface area contributed by atoms with Crippen LogP contribution in [0.15, 0.2) is 12.3 Å². The van der Waals surface area contributed by atoms with Gasteiger partial charge in [-0.05, 0) is 6.07 Å². The highest BCUT2D eigenvalue weighted by Crippen LogP contribution is 1.92. The summed E-state index contributed by atoms with van der Waals surface area (Å²) in [5, 5.41) is 10.8. The van der Waals surface area contributed by atoms with Crippen molar-refractivity contribution in [3.8, 4) is 0 Å². The van der Waals surface area contributed by atoms with Crippen LogP contribution < -0.4 is 10.6 Å². The summed E-state index contributed by atoms with van der Waals surface area (Å²) in [7, 11) is 0. The van der Waals surface area contributed by atoms with E-state index >= 15 is 0 Å². The van der Waals surface area contributed by atoms with Gasteiger partial charge in [0.15, 0.2) is 0 Å². The Morgan fingerprint density at radius 3 is 3.00 bits per heavy atom. The van der Waals surface area contributed by atoms with E-state index in [1.807, 2.05) is 0 Å². The second-order valence-corrected chi connectivity index (χ2v) is 2.33. The Morgan fingerprint density at radius 1 is 1.85 bits per heavy atom. The van der Waals surface area contributed by atoms with Crippen molar-refractivity contribution in [1.29, 1.82) is 5.41 Å². The summed E-state index contributed by atoms with van der Waals surface area (Å²) in [6.45, 7) is 1.68. The zero-order valence-corrected chi connectivity index (χ0v) is 7.15. The fourth-order valence-corrected chi connectivity index (χ4v) is 0.671. The maximum Gasteiger partial charge on any atom is 0.334 e. The number of hydrogen-bond donors (Lipinski definition) is 2. The smallest absolute Gasteiger partial charge is 0.334 e. The number of hydrogen-bond acceptors (Lipinski definition) is 4. The third kappa shape index (κ3) is 2.29. The van der Waals surface area contributed by atoms with E-state index in [0.29, 0.717) is 0 Å². The van der Waals surface area contributed by atoms with E-state index in [1.54, 1.807) is 6.92 Å². The molecule has 1 rings (SSSR count). The van der Waals surface area contributed by atoms with Crippen molar-refractivity contribution in [2.45, 2.75) is 13.3 Å². The van der Waals surface area contributed by atoms with Crippen molar-refractivity contribution in [1.82, 2.24) is 9.94 Å². The Morgan fingerprint density at radius 2 is 2.54 bits per heavy atom. The zero-order valence-electron chi connectivity index (χ0n) is 7.15. The van der Waals surface area contributed by atoms with Crippen LogP contribution in [0, 0.1) is 5.41 Å². The van der Waals surface area contributed by atoms with Crippen LogP contribution in [-0.2, 0) is 4.79 Å². The van der Waals surface area contributed by atoms with Crippen LogP contribution in [0.25, 0.3) is 0 Å². The molecule has 0 bridgehead atoms. The number of nitrogens with one attached hydrogen (secondary N) is 1. The average Bonchev–Trinajstić information content (AvgIpc) is 2.52. The number of nitrogens with two attached hydrogens (primary N) is 1. The van der Waals surface area contributed by atoms with E-state index in [4.69, 9.17) is 16.0 Å². The van der Waals surface area contributed by atoms with E-state index in [1.165, 1.54) is 12.3 Å². The van der Waals surface area contributed by atoms with Crippen molar-refractivity contribution >= 4 is 11.8 Å². The summed E-state index contributed by atoms with van der Waals surface area (Å²) in [6, 6.07) is 1.49. The molecular formula is C7H10N4O2. The molecule has 0 unspecified atom stereocenters. The molecule has 70 valence electrons. The van der Waals surface area contributed by atoms with Crippen molar-refractivity contribution in [2.75, 3.05) is 0 Å². The van der Waals surface area contributed by atoms with Crippen LogP contribution >= 0.6 is 0 Å². The van der Waals surface area contributed by atoms with E-state index in [2.05, 4.69) is 5.10 Å². The number of carbonyl (C=O) groups is 1. The van der Waals surface area contributed by atoms with Crippen LogP contribution in [0.5, 0.6) is 0 Å². The lowest BCUT2D eigenvalue weighted by Crippen LogP contribution is -2.20. The Kier molecular flexibility index (Phi) is 2.63. The quantitative estimate of drug-likeness (QED) is 0.488.